The fraction of sp³-hybridized carbons (Fsp3) is 0.571. The highest BCUT2D eigenvalue weighted by atomic mass is 32.1. The van der Waals surface area contributed by atoms with E-state index in [0.717, 1.165) is 21.9 Å². The van der Waals surface area contributed by atoms with Gasteiger partial charge in [-0.05, 0) is 23.8 Å². The predicted octanol–water partition coefficient (Wildman–Crippen LogP) is 3.86. The Balaban J connectivity index is 2.53. The van der Waals surface area contributed by atoms with Gasteiger partial charge in [-0.2, -0.15) is 0 Å². The molecule has 0 saturated carbocycles. The van der Waals surface area contributed by atoms with Crippen molar-refractivity contribution >= 4 is 27.4 Å². The Morgan fingerprint density at radius 2 is 2.11 bits per heavy atom. The van der Waals surface area contributed by atoms with Crippen LogP contribution < -0.4 is 5.32 Å². The van der Waals surface area contributed by atoms with E-state index in [4.69, 9.17) is 4.74 Å². The summed E-state index contributed by atoms with van der Waals surface area (Å²) in [7, 11) is 1.88. The molecule has 0 fully saturated rings. The van der Waals surface area contributed by atoms with Gasteiger partial charge in [-0.15, -0.1) is 11.3 Å². The second-order valence-corrected chi connectivity index (χ2v) is 6.42. The van der Waals surface area contributed by atoms with Crippen molar-refractivity contribution in [2.45, 2.75) is 33.8 Å². The predicted molar refractivity (Wildman–Crippen MR) is 80.8 cm³/mol. The van der Waals surface area contributed by atoms with Crippen LogP contribution in [0.1, 0.15) is 39.6 Å². The number of rotatable bonds is 4. The van der Waals surface area contributed by atoms with Crippen LogP contribution in [0.4, 0.5) is 5.82 Å². The third kappa shape index (κ3) is 2.87. The fourth-order valence-corrected chi connectivity index (χ4v) is 2.83. The molecule has 5 heteroatoms. The van der Waals surface area contributed by atoms with E-state index in [1.807, 2.05) is 25.4 Å². The van der Waals surface area contributed by atoms with Crippen LogP contribution in [0.3, 0.4) is 0 Å². The molecule has 4 nitrogen and oxygen atoms in total. The summed E-state index contributed by atoms with van der Waals surface area (Å²) in [4.78, 5) is 10.3. The minimum absolute atomic E-state index is 0.0358. The molecular formula is C14H21N3OS. The largest absolute Gasteiger partial charge is 0.372 e. The number of anilines is 1. The summed E-state index contributed by atoms with van der Waals surface area (Å²) < 4.78 is 5.87. The average Bonchev–Trinajstić information content (AvgIpc) is 2.81. The van der Waals surface area contributed by atoms with E-state index in [2.05, 4.69) is 36.1 Å². The molecule has 104 valence electrons. The summed E-state index contributed by atoms with van der Waals surface area (Å²) >= 11 is 1.63. The van der Waals surface area contributed by atoms with Gasteiger partial charge >= 0.3 is 0 Å². The molecule has 1 N–H and O–H groups in total. The highest BCUT2D eigenvalue weighted by Gasteiger charge is 2.30. The maximum Gasteiger partial charge on any atom is 0.161 e. The molecule has 2 aromatic heterocycles. The molecule has 0 aromatic carbocycles. The molecule has 2 aromatic rings. The molecule has 1 atom stereocenters. The molecule has 0 amide bonds. The van der Waals surface area contributed by atoms with E-state index in [1.54, 1.807) is 11.3 Å². The van der Waals surface area contributed by atoms with Gasteiger partial charge in [0.15, 0.2) is 5.82 Å². The van der Waals surface area contributed by atoms with Gasteiger partial charge in [0.1, 0.15) is 16.8 Å². The first-order valence-corrected chi connectivity index (χ1v) is 7.39. The number of aromatic nitrogens is 2. The SMILES string of the molecule is CCOC(c1nc(NC)c2ccsc2n1)C(C)(C)C. The first-order chi connectivity index (χ1) is 8.97. The Hall–Kier alpha value is -1.20. The molecule has 0 spiro atoms. The molecule has 0 aliphatic carbocycles. The van der Waals surface area contributed by atoms with Crippen LogP contribution in [0.5, 0.6) is 0 Å². The number of ether oxygens (including phenoxy) is 1. The zero-order chi connectivity index (χ0) is 14.0. The Kier molecular flexibility index (Phi) is 4.06. The molecule has 1 unspecified atom stereocenters. The van der Waals surface area contributed by atoms with E-state index in [-0.39, 0.29) is 11.5 Å². The van der Waals surface area contributed by atoms with Crippen molar-refractivity contribution in [3.05, 3.63) is 17.3 Å². The lowest BCUT2D eigenvalue weighted by Gasteiger charge is -2.29. The quantitative estimate of drug-likeness (QED) is 0.923. The first-order valence-electron chi connectivity index (χ1n) is 6.52. The van der Waals surface area contributed by atoms with Crippen LogP contribution in [0.15, 0.2) is 11.4 Å². The normalized spacial score (nSPS) is 13.7. The summed E-state index contributed by atoms with van der Waals surface area (Å²) in [5, 5.41) is 6.25. The van der Waals surface area contributed by atoms with Gasteiger partial charge in [0.05, 0.1) is 5.39 Å². The summed E-state index contributed by atoms with van der Waals surface area (Å²) in [6.45, 7) is 9.10. The van der Waals surface area contributed by atoms with Gasteiger partial charge in [-0.25, -0.2) is 9.97 Å². The van der Waals surface area contributed by atoms with Crippen LogP contribution >= 0.6 is 11.3 Å². The standard InChI is InChI=1S/C14H21N3OS/c1-6-18-10(14(2,3)4)12-16-11(15-5)9-7-8-19-13(9)17-12/h7-8,10H,6H2,1-5H3,(H,15,16,17). The van der Waals surface area contributed by atoms with Crippen molar-refractivity contribution in [2.75, 3.05) is 19.0 Å². The minimum atomic E-state index is -0.101. The molecule has 0 saturated heterocycles. The molecule has 2 rings (SSSR count). The number of hydrogen-bond acceptors (Lipinski definition) is 5. The Bertz CT molecular complexity index is 559. The van der Waals surface area contributed by atoms with Gasteiger partial charge in [-0.1, -0.05) is 20.8 Å². The van der Waals surface area contributed by atoms with Gasteiger partial charge in [-0.3, -0.25) is 0 Å². The topological polar surface area (TPSA) is 47.0 Å². The third-order valence-electron chi connectivity index (χ3n) is 2.93. The van der Waals surface area contributed by atoms with Crippen LogP contribution in [0, 0.1) is 5.41 Å². The summed E-state index contributed by atoms with van der Waals surface area (Å²) in [6, 6.07) is 2.04. The van der Waals surface area contributed by atoms with Crippen LogP contribution in [-0.4, -0.2) is 23.6 Å². The van der Waals surface area contributed by atoms with Crippen molar-refractivity contribution in [1.29, 1.82) is 0 Å². The number of nitrogens with one attached hydrogen (secondary N) is 1. The summed E-state index contributed by atoms with van der Waals surface area (Å²) in [5.41, 5.74) is -0.0358. The van der Waals surface area contributed by atoms with Crippen molar-refractivity contribution < 1.29 is 4.74 Å². The molecule has 0 aliphatic rings. The van der Waals surface area contributed by atoms with Crippen LogP contribution in [0.2, 0.25) is 0 Å². The molecule has 2 heterocycles. The zero-order valence-corrected chi connectivity index (χ0v) is 13.0. The smallest absolute Gasteiger partial charge is 0.161 e. The third-order valence-corrected chi connectivity index (χ3v) is 3.74. The lowest BCUT2D eigenvalue weighted by atomic mass is 9.88. The lowest BCUT2D eigenvalue weighted by Crippen LogP contribution is -2.23. The molecule has 0 aliphatic heterocycles. The second-order valence-electron chi connectivity index (χ2n) is 5.52. The maximum atomic E-state index is 5.87. The number of thiophene rings is 1. The summed E-state index contributed by atoms with van der Waals surface area (Å²) in [5.74, 6) is 1.63. The summed E-state index contributed by atoms with van der Waals surface area (Å²) in [6.07, 6.45) is -0.101. The number of nitrogens with zero attached hydrogens (tertiary/aromatic N) is 2. The van der Waals surface area contributed by atoms with E-state index in [1.165, 1.54) is 0 Å². The van der Waals surface area contributed by atoms with E-state index in [0.29, 0.717) is 6.61 Å². The van der Waals surface area contributed by atoms with Crippen molar-refractivity contribution in [1.82, 2.24) is 9.97 Å². The van der Waals surface area contributed by atoms with Gasteiger partial charge in [0.2, 0.25) is 0 Å². The highest BCUT2D eigenvalue weighted by Crippen LogP contribution is 2.36. The molecule has 0 bridgehead atoms. The van der Waals surface area contributed by atoms with E-state index >= 15 is 0 Å². The minimum Gasteiger partial charge on any atom is -0.372 e. The van der Waals surface area contributed by atoms with Crippen molar-refractivity contribution in [3.8, 4) is 0 Å². The van der Waals surface area contributed by atoms with Crippen molar-refractivity contribution in [2.24, 2.45) is 5.41 Å². The number of hydrogen-bond donors (Lipinski definition) is 1. The Morgan fingerprint density at radius 3 is 2.68 bits per heavy atom. The maximum absolute atomic E-state index is 5.87. The van der Waals surface area contributed by atoms with Gasteiger partial charge in [0.25, 0.3) is 0 Å². The van der Waals surface area contributed by atoms with Crippen LogP contribution in [0.25, 0.3) is 10.2 Å². The van der Waals surface area contributed by atoms with Gasteiger partial charge in [0, 0.05) is 13.7 Å². The first kappa shape index (κ1) is 14.2. The lowest BCUT2D eigenvalue weighted by molar-refractivity contribution is -0.0187. The van der Waals surface area contributed by atoms with Crippen molar-refractivity contribution in [3.63, 3.8) is 0 Å². The zero-order valence-electron chi connectivity index (χ0n) is 12.2. The van der Waals surface area contributed by atoms with Crippen LogP contribution in [-0.2, 0) is 4.74 Å². The van der Waals surface area contributed by atoms with Gasteiger partial charge < -0.3 is 10.1 Å². The van der Waals surface area contributed by atoms with E-state index < -0.39 is 0 Å². The molecule has 0 radical (unpaired) electrons. The van der Waals surface area contributed by atoms with E-state index in [9.17, 15) is 0 Å². The highest BCUT2D eigenvalue weighted by molar-refractivity contribution is 7.16. The Morgan fingerprint density at radius 1 is 1.37 bits per heavy atom. The molecular weight excluding hydrogens is 258 g/mol. The Labute approximate surface area is 118 Å². The second kappa shape index (κ2) is 5.43. The molecule has 19 heavy (non-hydrogen) atoms. The fourth-order valence-electron chi connectivity index (χ4n) is 2.06. The number of fused-ring (bicyclic) bond motifs is 1. The average molecular weight is 279 g/mol. The monoisotopic (exact) mass is 279 g/mol.